The van der Waals surface area contributed by atoms with Gasteiger partial charge in [0.05, 0.1) is 49.8 Å². The lowest BCUT2D eigenvalue weighted by Gasteiger charge is -2.45. The van der Waals surface area contributed by atoms with Crippen LogP contribution in [0.4, 0.5) is 0 Å². The van der Waals surface area contributed by atoms with Crippen LogP contribution in [0.25, 0.3) is 88.2 Å². The predicted octanol–water partition coefficient (Wildman–Crippen LogP) is 13.4. The summed E-state index contributed by atoms with van der Waals surface area (Å²) >= 11 is 0. The summed E-state index contributed by atoms with van der Waals surface area (Å²) in [6, 6.07) is 69.8. The molecular weight excluding hydrogens is 733 g/mol. The fraction of sp³-hybridized carbons (Fsp3) is 0.0182. The Morgan fingerprint density at radius 1 is 0.433 bits per heavy atom. The predicted molar refractivity (Wildman–Crippen MR) is 243 cm³/mol. The lowest BCUT2D eigenvalue weighted by molar-refractivity contribution is 0.439. The minimum absolute atomic E-state index is 0.617. The molecule has 0 saturated carbocycles. The molecule has 2 aliphatic rings. The van der Waals surface area contributed by atoms with Gasteiger partial charge in [-0.15, -0.1) is 0 Å². The van der Waals surface area contributed by atoms with E-state index in [2.05, 4.69) is 203 Å². The topological polar surface area (TPSA) is 44.9 Å². The lowest BCUT2D eigenvalue weighted by atomic mass is 9.61. The summed E-state index contributed by atoms with van der Waals surface area (Å²) in [6.07, 6.45) is 0. The quantitative estimate of drug-likeness (QED) is 0.176. The molecule has 5 heteroatoms. The highest BCUT2D eigenvalue weighted by Crippen LogP contribution is 2.62. The molecule has 0 radical (unpaired) electrons. The summed E-state index contributed by atoms with van der Waals surface area (Å²) in [7, 11) is 0. The first-order valence-corrected chi connectivity index (χ1v) is 20.5. The number of benzene rings is 9. The molecule has 14 rings (SSSR count). The first-order chi connectivity index (χ1) is 29.8. The molecule has 3 aromatic heterocycles. The Labute approximate surface area is 344 Å². The van der Waals surface area contributed by atoms with Crippen molar-refractivity contribution in [1.82, 2.24) is 19.1 Å². The molecule has 1 unspecified atom stereocenters. The van der Waals surface area contributed by atoms with Crippen molar-refractivity contribution in [2.24, 2.45) is 0 Å². The molecule has 0 fully saturated rings. The Morgan fingerprint density at radius 2 is 1.12 bits per heavy atom. The molecule has 9 aromatic carbocycles. The molecule has 0 saturated heterocycles. The summed E-state index contributed by atoms with van der Waals surface area (Å²) in [5, 5.41) is 8.00. The van der Waals surface area contributed by atoms with Gasteiger partial charge in [0, 0.05) is 38.2 Å². The van der Waals surface area contributed by atoms with Crippen LogP contribution in [0.5, 0.6) is 11.5 Å². The Morgan fingerprint density at radius 3 is 2.02 bits per heavy atom. The number of hydrogen-bond donors (Lipinski definition) is 0. The fourth-order valence-electron chi connectivity index (χ4n) is 10.8. The third-order valence-electron chi connectivity index (χ3n) is 13.2. The van der Waals surface area contributed by atoms with Gasteiger partial charge in [-0.05, 0) is 64.4 Å². The number of para-hydroxylation sites is 6. The second kappa shape index (κ2) is 11.6. The van der Waals surface area contributed by atoms with Crippen molar-refractivity contribution in [2.45, 2.75) is 5.41 Å². The second-order valence-electron chi connectivity index (χ2n) is 16.1. The fourth-order valence-corrected chi connectivity index (χ4v) is 10.8. The Kier molecular flexibility index (Phi) is 6.16. The normalized spacial score (nSPS) is 15.2. The smallest absolute Gasteiger partial charge is 0.235 e. The third-order valence-corrected chi connectivity index (χ3v) is 13.2. The number of aromatic nitrogens is 4. The zero-order chi connectivity index (χ0) is 39.1. The highest BCUT2D eigenvalue weighted by Gasteiger charge is 2.51. The van der Waals surface area contributed by atoms with Crippen LogP contribution in [0.1, 0.15) is 22.3 Å². The van der Waals surface area contributed by atoms with E-state index in [9.17, 15) is 0 Å². The van der Waals surface area contributed by atoms with Crippen molar-refractivity contribution in [3.8, 4) is 34.4 Å². The van der Waals surface area contributed by atoms with E-state index in [4.69, 9.17) is 14.7 Å². The lowest BCUT2D eigenvalue weighted by Crippen LogP contribution is -2.37. The minimum Gasteiger partial charge on any atom is -0.456 e. The third kappa shape index (κ3) is 3.96. The second-order valence-corrected chi connectivity index (χ2v) is 16.1. The summed E-state index contributed by atoms with van der Waals surface area (Å²) in [5.74, 6) is 2.32. The van der Waals surface area contributed by atoms with Gasteiger partial charge in [0.25, 0.3) is 0 Å². The van der Waals surface area contributed by atoms with E-state index >= 15 is 0 Å². The van der Waals surface area contributed by atoms with Crippen LogP contribution in [0.3, 0.4) is 0 Å². The monoisotopic (exact) mass is 764 g/mol. The molecule has 0 aliphatic carbocycles. The number of nitrogens with zero attached hydrogens (tertiary/aromatic N) is 4. The van der Waals surface area contributed by atoms with E-state index in [0.717, 1.165) is 66.6 Å². The van der Waals surface area contributed by atoms with Crippen LogP contribution in [0, 0.1) is 0 Å². The zero-order valence-electron chi connectivity index (χ0n) is 32.2. The van der Waals surface area contributed by atoms with Crippen molar-refractivity contribution in [3.63, 3.8) is 0 Å². The molecule has 12 aromatic rings. The van der Waals surface area contributed by atoms with Crippen LogP contribution < -0.4 is 4.74 Å². The number of ether oxygens (including phenoxy) is 1. The molecule has 5 nitrogen and oxygen atoms in total. The van der Waals surface area contributed by atoms with Crippen LogP contribution in [0.2, 0.25) is 0 Å². The first kappa shape index (κ1) is 32.0. The van der Waals surface area contributed by atoms with Gasteiger partial charge in [-0.25, -0.2) is 9.97 Å². The van der Waals surface area contributed by atoms with E-state index in [0.29, 0.717) is 5.95 Å². The zero-order valence-corrected chi connectivity index (χ0v) is 32.2. The molecule has 0 N–H and O–H groups in total. The van der Waals surface area contributed by atoms with Gasteiger partial charge in [-0.3, -0.25) is 4.57 Å². The molecule has 1 spiro atoms. The van der Waals surface area contributed by atoms with Gasteiger partial charge in [-0.1, -0.05) is 152 Å². The Balaban J connectivity index is 1.10. The molecule has 0 bridgehead atoms. The van der Waals surface area contributed by atoms with Gasteiger partial charge in [0.1, 0.15) is 11.5 Å². The van der Waals surface area contributed by atoms with E-state index in [-0.39, 0.29) is 0 Å². The van der Waals surface area contributed by atoms with Crippen LogP contribution >= 0.6 is 0 Å². The molecule has 2 aliphatic heterocycles. The van der Waals surface area contributed by atoms with Crippen molar-refractivity contribution in [2.75, 3.05) is 0 Å². The number of rotatable bonds is 2. The molecule has 60 heavy (non-hydrogen) atoms. The number of fused-ring (bicyclic) bond motifs is 17. The maximum absolute atomic E-state index is 7.28. The molecule has 278 valence electrons. The summed E-state index contributed by atoms with van der Waals surface area (Å²) < 4.78 is 12.0. The van der Waals surface area contributed by atoms with Gasteiger partial charge < -0.3 is 9.30 Å². The van der Waals surface area contributed by atoms with Crippen molar-refractivity contribution >= 4 is 65.3 Å². The van der Waals surface area contributed by atoms with Crippen LogP contribution in [-0.2, 0) is 5.41 Å². The maximum Gasteiger partial charge on any atom is 0.235 e. The highest BCUT2D eigenvalue weighted by atomic mass is 16.5. The number of hydrogen-bond acceptors (Lipinski definition) is 3. The summed E-state index contributed by atoms with van der Waals surface area (Å²) in [6.45, 7) is 0. The average Bonchev–Trinajstić information content (AvgIpc) is 3.84. The van der Waals surface area contributed by atoms with Crippen LogP contribution in [-0.4, -0.2) is 19.1 Å². The summed E-state index contributed by atoms with van der Waals surface area (Å²) in [4.78, 5) is 10.8. The Bertz CT molecular complexity index is 3840. The first-order valence-electron chi connectivity index (χ1n) is 20.5. The standard InChI is InChI=1S/C55H32N4O/c1-2-15-34-32-35(29-28-33(34)14-1)51-38-17-3-8-23-44(38)56-54(57-51)59-46-25-10-5-18-39(46)50-48(59)31-30-43-53(50)60-49-27-12-7-21-41(49)55(43)40-20-6-11-26-47(40)58-45-24-9-4-16-36(45)37-19-13-22-42(55)52(37)58/h1-32H. The molecule has 0 amide bonds. The van der Waals surface area contributed by atoms with E-state index < -0.39 is 5.41 Å². The van der Waals surface area contributed by atoms with Gasteiger partial charge in [-0.2, -0.15) is 0 Å². The SMILES string of the molecule is c1ccc2c(c1)Oc1c(ccc3c1c1ccccc1n3-c1nc(-c3ccc4ccccc4c3)c3ccccc3n1)C21c2ccccc2-n2c3ccccc3c3cccc1c32. The van der Waals surface area contributed by atoms with Gasteiger partial charge in [0.15, 0.2) is 0 Å². The van der Waals surface area contributed by atoms with Gasteiger partial charge >= 0.3 is 0 Å². The molecule has 1 atom stereocenters. The van der Waals surface area contributed by atoms with E-state index in [1.807, 2.05) is 0 Å². The maximum atomic E-state index is 7.28. The molecular formula is C55H32N4O. The molecule has 5 heterocycles. The van der Waals surface area contributed by atoms with Crippen LogP contribution in [0.15, 0.2) is 194 Å². The summed E-state index contributed by atoms with van der Waals surface area (Å²) in [5.41, 5.74) is 12.5. The Hall–Kier alpha value is -8.02. The highest BCUT2D eigenvalue weighted by molar-refractivity contribution is 6.15. The van der Waals surface area contributed by atoms with Crippen molar-refractivity contribution in [1.29, 1.82) is 0 Å². The average molecular weight is 765 g/mol. The van der Waals surface area contributed by atoms with E-state index in [1.54, 1.807) is 0 Å². The van der Waals surface area contributed by atoms with Gasteiger partial charge in [0.2, 0.25) is 5.95 Å². The largest absolute Gasteiger partial charge is 0.456 e. The van der Waals surface area contributed by atoms with Crippen molar-refractivity contribution in [3.05, 3.63) is 216 Å². The minimum atomic E-state index is -0.676. The van der Waals surface area contributed by atoms with Crippen molar-refractivity contribution < 1.29 is 4.74 Å². The van der Waals surface area contributed by atoms with E-state index in [1.165, 1.54) is 49.4 Å².